The van der Waals surface area contributed by atoms with Gasteiger partial charge >= 0.3 is 22.3 Å². The van der Waals surface area contributed by atoms with Crippen molar-refractivity contribution >= 4 is 21.8 Å². The van der Waals surface area contributed by atoms with Crippen molar-refractivity contribution in [3.05, 3.63) is 77.9 Å². The highest BCUT2D eigenvalue weighted by Crippen LogP contribution is 2.34. The first kappa shape index (κ1) is 29.6. The SMILES string of the molecule is CCOc1ccc(NC(=O)N(Cc2ccc(OC)c(OS(=O)(=O)c3cccc(C(F)(F)F)c3)c2)C(C)C)cc1. The van der Waals surface area contributed by atoms with Crippen LogP contribution in [0.3, 0.4) is 0 Å². The number of hydrogen-bond acceptors (Lipinski definition) is 6. The molecule has 210 valence electrons. The van der Waals surface area contributed by atoms with E-state index in [4.69, 9.17) is 13.7 Å². The van der Waals surface area contributed by atoms with Gasteiger partial charge in [0.15, 0.2) is 11.5 Å². The zero-order valence-corrected chi connectivity index (χ0v) is 22.6. The molecular weight excluding hydrogens is 537 g/mol. The second kappa shape index (κ2) is 12.3. The number of carbonyl (C=O) groups excluding carboxylic acids is 1. The summed E-state index contributed by atoms with van der Waals surface area (Å²) in [5.74, 6) is 0.481. The minimum Gasteiger partial charge on any atom is -0.494 e. The van der Waals surface area contributed by atoms with Crippen LogP contribution in [-0.4, -0.2) is 39.1 Å². The molecule has 0 heterocycles. The lowest BCUT2D eigenvalue weighted by Gasteiger charge is -2.27. The maximum Gasteiger partial charge on any atom is 0.416 e. The Morgan fingerprint density at radius 3 is 2.28 bits per heavy atom. The van der Waals surface area contributed by atoms with Gasteiger partial charge in [-0.15, -0.1) is 0 Å². The van der Waals surface area contributed by atoms with Crippen LogP contribution >= 0.6 is 0 Å². The van der Waals surface area contributed by atoms with Crippen LogP contribution in [0.25, 0.3) is 0 Å². The van der Waals surface area contributed by atoms with Crippen LogP contribution in [0.1, 0.15) is 31.9 Å². The molecule has 3 aromatic carbocycles. The summed E-state index contributed by atoms with van der Waals surface area (Å²) >= 11 is 0. The largest absolute Gasteiger partial charge is 0.494 e. The molecule has 8 nitrogen and oxygen atoms in total. The van der Waals surface area contributed by atoms with Gasteiger partial charge in [0, 0.05) is 18.3 Å². The van der Waals surface area contributed by atoms with Crippen LogP contribution in [0.5, 0.6) is 17.2 Å². The normalized spacial score (nSPS) is 11.7. The predicted octanol–water partition coefficient (Wildman–Crippen LogP) is 6.32. The number of rotatable bonds is 10. The first-order valence-electron chi connectivity index (χ1n) is 11.9. The molecule has 0 saturated carbocycles. The summed E-state index contributed by atoms with van der Waals surface area (Å²) in [7, 11) is -3.34. The van der Waals surface area contributed by atoms with Crippen LogP contribution in [0.4, 0.5) is 23.7 Å². The standard InChI is InChI=1S/C27H29F3N2O6S/c1-5-37-22-12-10-21(11-13-22)31-26(33)32(18(2)3)17-19-9-14-24(36-4)25(15-19)38-39(34,35)23-8-6-7-20(16-23)27(28,29)30/h6-16,18H,5,17H2,1-4H3,(H,31,33). The lowest BCUT2D eigenvalue weighted by Crippen LogP contribution is -2.39. The molecule has 0 atom stereocenters. The lowest BCUT2D eigenvalue weighted by molar-refractivity contribution is -0.137. The third-order valence-corrected chi connectivity index (χ3v) is 6.76. The smallest absolute Gasteiger partial charge is 0.416 e. The predicted molar refractivity (Wildman–Crippen MR) is 140 cm³/mol. The number of alkyl halides is 3. The number of hydrogen-bond donors (Lipinski definition) is 1. The van der Waals surface area contributed by atoms with Crippen LogP contribution in [0.2, 0.25) is 0 Å². The minimum absolute atomic E-state index is 0.0456. The lowest BCUT2D eigenvalue weighted by atomic mass is 10.1. The number of methoxy groups -OCH3 is 1. The van der Waals surface area contributed by atoms with E-state index in [2.05, 4.69) is 5.32 Å². The van der Waals surface area contributed by atoms with Crippen molar-refractivity contribution in [2.75, 3.05) is 19.0 Å². The maximum atomic E-state index is 13.1. The molecule has 3 aromatic rings. The van der Waals surface area contributed by atoms with E-state index in [0.29, 0.717) is 29.7 Å². The van der Waals surface area contributed by atoms with E-state index in [1.54, 1.807) is 30.3 Å². The van der Waals surface area contributed by atoms with Gasteiger partial charge in [0.05, 0.1) is 19.3 Å². The fraction of sp³-hybridized carbons (Fsp3) is 0.296. The number of benzene rings is 3. The van der Waals surface area contributed by atoms with Gasteiger partial charge in [-0.2, -0.15) is 21.6 Å². The molecule has 1 N–H and O–H groups in total. The Bertz CT molecular complexity index is 1390. The summed E-state index contributed by atoms with van der Waals surface area (Å²) in [5, 5.41) is 2.81. The Balaban J connectivity index is 1.83. The molecule has 0 radical (unpaired) electrons. The first-order valence-corrected chi connectivity index (χ1v) is 13.3. The van der Waals surface area contributed by atoms with Gasteiger partial charge in [-0.3, -0.25) is 0 Å². The third-order valence-electron chi connectivity index (χ3n) is 5.53. The van der Waals surface area contributed by atoms with E-state index < -0.39 is 32.8 Å². The average Bonchev–Trinajstić information content (AvgIpc) is 2.88. The molecule has 39 heavy (non-hydrogen) atoms. The highest BCUT2D eigenvalue weighted by Gasteiger charge is 2.32. The number of anilines is 1. The van der Waals surface area contributed by atoms with Gasteiger partial charge in [0.25, 0.3) is 0 Å². The summed E-state index contributed by atoms with van der Waals surface area (Å²) in [6.07, 6.45) is -4.73. The molecule has 12 heteroatoms. The Morgan fingerprint density at radius 2 is 1.69 bits per heavy atom. The third kappa shape index (κ3) is 7.79. The molecule has 2 amide bonds. The molecule has 0 fully saturated rings. The van der Waals surface area contributed by atoms with Crippen molar-refractivity contribution < 1.29 is 40.0 Å². The Labute approximate surface area is 225 Å². The highest BCUT2D eigenvalue weighted by molar-refractivity contribution is 7.87. The maximum absolute atomic E-state index is 13.1. The fourth-order valence-corrected chi connectivity index (χ4v) is 4.54. The highest BCUT2D eigenvalue weighted by atomic mass is 32.2. The van der Waals surface area contributed by atoms with E-state index in [1.165, 1.54) is 24.1 Å². The Kier molecular flexibility index (Phi) is 9.33. The summed E-state index contributed by atoms with van der Waals surface area (Å²) in [4.78, 5) is 13.9. The number of nitrogens with zero attached hydrogens (tertiary/aromatic N) is 1. The first-order chi connectivity index (χ1) is 18.3. The van der Waals surface area contributed by atoms with Gasteiger partial charge in [-0.25, -0.2) is 4.79 Å². The molecule has 0 aliphatic heterocycles. The molecule has 0 aromatic heterocycles. The van der Waals surface area contributed by atoms with Gasteiger partial charge in [0.2, 0.25) is 0 Å². The Hall–Kier alpha value is -3.93. The molecule has 0 spiro atoms. The zero-order chi connectivity index (χ0) is 28.8. The van der Waals surface area contributed by atoms with Crippen molar-refractivity contribution in [3.8, 4) is 17.2 Å². The van der Waals surface area contributed by atoms with E-state index in [9.17, 15) is 26.4 Å². The molecule has 3 rings (SSSR count). The van der Waals surface area contributed by atoms with Crippen LogP contribution in [0.15, 0.2) is 71.6 Å². The second-order valence-corrected chi connectivity index (χ2v) is 10.2. The monoisotopic (exact) mass is 566 g/mol. The van der Waals surface area contributed by atoms with Crippen molar-refractivity contribution in [2.24, 2.45) is 0 Å². The van der Waals surface area contributed by atoms with Crippen LogP contribution in [-0.2, 0) is 22.8 Å². The molecule has 0 unspecified atom stereocenters. The van der Waals surface area contributed by atoms with Crippen molar-refractivity contribution in [3.63, 3.8) is 0 Å². The van der Waals surface area contributed by atoms with E-state index in [-0.39, 0.29) is 24.1 Å². The summed E-state index contributed by atoms with van der Waals surface area (Å²) in [6, 6.07) is 13.9. The van der Waals surface area contributed by atoms with Crippen molar-refractivity contribution in [1.82, 2.24) is 4.90 Å². The summed E-state index contributed by atoms with van der Waals surface area (Å²) in [6.45, 7) is 6.09. The van der Waals surface area contributed by atoms with Gasteiger partial charge in [-0.1, -0.05) is 12.1 Å². The fourth-order valence-electron chi connectivity index (χ4n) is 3.56. The Morgan fingerprint density at radius 1 is 1.00 bits per heavy atom. The second-order valence-electron chi connectivity index (χ2n) is 8.66. The minimum atomic E-state index is -4.73. The zero-order valence-electron chi connectivity index (χ0n) is 21.8. The average molecular weight is 567 g/mol. The molecule has 0 aliphatic carbocycles. The van der Waals surface area contributed by atoms with Crippen molar-refractivity contribution in [1.29, 1.82) is 0 Å². The number of halogens is 3. The molecule has 0 saturated heterocycles. The molecule has 0 aliphatic rings. The van der Waals surface area contributed by atoms with E-state index in [1.807, 2.05) is 20.8 Å². The van der Waals surface area contributed by atoms with Crippen molar-refractivity contribution in [2.45, 2.75) is 44.4 Å². The van der Waals surface area contributed by atoms with Gasteiger partial charge in [-0.05, 0) is 80.9 Å². The van der Waals surface area contributed by atoms with Crippen LogP contribution in [0, 0.1) is 0 Å². The topological polar surface area (TPSA) is 94.2 Å². The number of ether oxygens (including phenoxy) is 2. The van der Waals surface area contributed by atoms with Gasteiger partial charge < -0.3 is 23.9 Å². The number of amides is 2. The van der Waals surface area contributed by atoms with E-state index in [0.717, 1.165) is 18.2 Å². The van der Waals surface area contributed by atoms with E-state index >= 15 is 0 Å². The summed E-state index contributed by atoms with van der Waals surface area (Å²) < 4.78 is 80.8. The van der Waals surface area contributed by atoms with Crippen LogP contribution < -0.4 is 19.0 Å². The molecule has 0 bridgehead atoms. The number of carbonyl (C=O) groups is 1. The number of urea groups is 1. The van der Waals surface area contributed by atoms with Gasteiger partial charge in [0.1, 0.15) is 10.6 Å². The molecular formula is C27H29F3N2O6S. The summed E-state index contributed by atoms with van der Waals surface area (Å²) in [5.41, 5.74) is -0.0698. The quantitative estimate of drug-likeness (QED) is 0.289. The number of nitrogens with one attached hydrogen (secondary N) is 1.